The van der Waals surface area contributed by atoms with Crippen molar-refractivity contribution in [3.05, 3.63) is 83.8 Å². The van der Waals surface area contributed by atoms with Gasteiger partial charge in [0.25, 0.3) is 0 Å². The van der Waals surface area contributed by atoms with Gasteiger partial charge < -0.3 is 18.9 Å². The van der Waals surface area contributed by atoms with Crippen LogP contribution >= 0.6 is 0 Å². The Kier molecular flexibility index (Phi) is 5.94. The van der Waals surface area contributed by atoms with Crippen LogP contribution in [0.1, 0.15) is 53.3 Å². The number of aromatic carboxylic acids is 1. The van der Waals surface area contributed by atoms with Gasteiger partial charge in [0.05, 0.1) is 29.6 Å². The fourth-order valence-corrected chi connectivity index (χ4v) is 4.93. The van der Waals surface area contributed by atoms with Crippen LogP contribution in [0.3, 0.4) is 0 Å². The molecule has 0 saturated heterocycles. The molecule has 38 heavy (non-hydrogen) atoms. The van der Waals surface area contributed by atoms with Crippen LogP contribution in [0.4, 0.5) is 0 Å². The van der Waals surface area contributed by atoms with Gasteiger partial charge in [-0.3, -0.25) is 4.98 Å². The van der Waals surface area contributed by atoms with Crippen molar-refractivity contribution >= 4 is 17.0 Å². The summed E-state index contributed by atoms with van der Waals surface area (Å²) in [5.74, 6) is 0.825. The monoisotopic (exact) mass is 508 g/mol. The maximum Gasteiger partial charge on any atom is 0.335 e. The summed E-state index contributed by atoms with van der Waals surface area (Å²) in [5.41, 5.74) is 6.26. The van der Waals surface area contributed by atoms with Crippen molar-refractivity contribution < 1.29 is 19.2 Å². The lowest BCUT2D eigenvalue weighted by molar-refractivity contribution is 0.0696. The minimum atomic E-state index is -0.985. The van der Waals surface area contributed by atoms with E-state index < -0.39 is 5.97 Å². The normalized spacial score (nSPS) is 14.1. The Balaban J connectivity index is 1.56. The molecule has 1 N–H and O–H groups in total. The SMILES string of the molecule is Cc1noc(C)c1-c1cnc2c(c1)c(-c1ccc(C(=O)O)cc1OCC1CC1)cn2[C@@H](C)c1ccccn1. The molecule has 4 aromatic heterocycles. The van der Waals surface area contributed by atoms with Crippen LogP contribution in [0.2, 0.25) is 0 Å². The summed E-state index contributed by atoms with van der Waals surface area (Å²) in [6, 6.07) is 13.0. The van der Waals surface area contributed by atoms with E-state index in [1.54, 1.807) is 18.3 Å². The van der Waals surface area contributed by atoms with Crippen molar-refractivity contribution in [2.24, 2.45) is 5.92 Å². The van der Waals surface area contributed by atoms with Crippen molar-refractivity contribution in [2.75, 3.05) is 6.61 Å². The first-order valence-corrected chi connectivity index (χ1v) is 12.8. The van der Waals surface area contributed by atoms with E-state index in [-0.39, 0.29) is 11.6 Å². The van der Waals surface area contributed by atoms with Crippen LogP contribution < -0.4 is 4.74 Å². The molecule has 0 amide bonds. The van der Waals surface area contributed by atoms with Crippen LogP contribution in [-0.4, -0.2) is 37.4 Å². The zero-order valence-electron chi connectivity index (χ0n) is 21.5. The minimum absolute atomic E-state index is 0.0843. The lowest BCUT2D eigenvalue weighted by atomic mass is 10.00. The van der Waals surface area contributed by atoms with Crippen molar-refractivity contribution in [3.8, 4) is 28.0 Å². The number of nitrogens with zero attached hydrogens (tertiary/aromatic N) is 4. The number of carboxylic acid groups (broad SMARTS) is 1. The number of aryl methyl sites for hydroxylation is 2. The molecule has 1 fully saturated rings. The van der Waals surface area contributed by atoms with Gasteiger partial charge in [-0.15, -0.1) is 0 Å². The predicted molar refractivity (Wildman–Crippen MR) is 143 cm³/mol. The lowest BCUT2D eigenvalue weighted by Crippen LogP contribution is -2.07. The zero-order valence-corrected chi connectivity index (χ0v) is 21.5. The topological polar surface area (TPSA) is 103 Å². The smallest absolute Gasteiger partial charge is 0.335 e. The molecule has 0 spiro atoms. The number of hydrogen-bond donors (Lipinski definition) is 1. The van der Waals surface area contributed by atoms with Gasteiger partial charge in [-0.05, 0) is 75.9 Å². The second-order valence-corrected chi connectivity index (χ2v) is 9.95. The molecular weight excluding hydrogens is 480 g/mol. The van der Waals surface area contributed by atoms with E-state index in [0.717, 1.165) is 63.3 Å². The number of fused-ring (bicyclic) bond motifs is 1. The molecular formula is C30H28N4O4. The molecule has 4 heterocycles. The van der Waals surface area contributed by atoms with Gasteiger partial charge in [-0.1, -0.05) is 11.2 Å². The summed E-state index contributed by atoms with van der Waals surface area (Å²) < 4.78 is 13.8. The van der Waals surface area contributed by atoms with Crippen LogP contribution in [0.15, 0.2) is 65.6 Å². The maximum absolute atomic E-state index is 11.8. The number of hydrogen-bond acceptors (Lipinski definition) is 6. The quantitative estimate of drug-likeness (QED) is 0.256. The van der Waals surface area contributed by atoms with Crippen molar-refractivity contribution in [1.82, 2.24) is 19.7 Å². The van der Waals surface area contributed by atoms with Crippen LogP contribution in [0.25, 0.3) is 33.3 Å². The number of aromatic nitrogens is 4. The molecule has 0 bridgehead atoms. The van der Waals surface area contributed by atoms with E-state index in [4.69, 9.17) is 14.2 Å². The number of ether oxygens (including phenoxy) is 1. The largest absolute Gasteiger partial charge is 0.493 e. The standard InChI is InChI=1S/C30H28N4O4/c1-17-28(19(3)38-33-17)22-12-24-25(15-34(29(24)32-14-22)18(2)26-6-4-5-11-31-26)23-10-9-21(30(35)36)13-27(23)37-16-20-7-8-20/h4-6,9-15,18,20H,7-8,16H2,1-3H3,(H,35,36)/t18-/m0/s1. The highest BCUT2D eigenvalue weighted by molar-refractivity contribution is 5.99. The summed E-state index contributed by atoms with van der Waals surface area (Å²) in [6.07, 6.45) is 7.97. The third kappa shape index (κ3) is 4.32. The number of carboxylic acids is 1. The lowest BCUT2D eigenvalue weighted by Gasteiger charge is -2.14. The summed E-state index contributed by atoms with van der Waals surface area (Å²) in [6.45, 7) is 6.47. The van der Waals surface area contributed by atoms with Crippen LogP contribution in [-0.2, 0) is 0 Å². The first-order chi connectivity index (χ1) is 18.4. The Morgan fingerprint density at radius 1 is 1.16 bits per heavy atom. The Hall–Kier alpha value is -4.46. The average Bonchev–Trinajstić information content (AvgIpc) is 3.60. The predicted octanol–water partition coefficient (Wildman–Crippen LogP) is 6.47. The number of pyridine rings is 2. The fraction of sp³-hybridized carbons (Fsp3) is 0.267. The molecule has 8 heteroatoms. The van der Waals surface area contributed by atoms with Crippen molar-refractivity contribution in [2.45, 2.75) is 39.7 Å². The molecule has 6 rings (SSSR count). The molecule has 1 atom stereocenters. The van der Waals surface area contributed by atoms with Gasteiger partial charge in [0, 0.05) is 46.2 Å². The molecule has 192 valence electrons. The average molecular weight is 509 g/mol. The van der Waals surface area contributed by atoms with E-state index in [0.29, 0.717) is 18.3 Å². The summed E-state index contributed by atoms with van der Waals surface area (Å²) in [7, 11) is 0. The molecule has 1 aliphatic carbocycles. The van der Waals surface area contributed by atoms with Crippen molar-refractivity contribution in [3.63, 3.8) is 0 Å². The van der Waals surface area contributed by atoms with E-state index >= 15 is 0 Å². The minimum Gasteiger partial charge on any atom is -0.493 e. The first kappa shape index (κ1) is 23.9. The third-order valence-electron chi connectivity index (χ3n) is 7.21. The molecule has 5 aromatic rings. The molecule has 0 unspecified atom stereocenters. The Labute approximate surface area is 219 Å². The van der Waals surface area contributed by atoms with Gasteiger partial charge in [0.2, 0.25) is 0 Å². The van der Waals surface area contributed by atoms with Gasteiger partial charge in [-0.25, -0.2) is 9.78 Å². The van der Waals surface area contributed by atoms with E-state index in [9.17, 15) is 9.90 Å². The molecule has 8 nitrogen and oxygen atoms in total. The fourth-order valence-electron chi connectivity index (χ4n) is 4.93. The molecule has 0 aliphatic heterocycles. The summed E-state index contributed by atoms with van der Waals surface area (Å²) >= 11 is 0. The molecule has 0 radical (unpaired) electrons. The molecule has 1 aliphatic rings. The highest BCUT2D eigenvalue weighted by Crippen LogP contribution is 2.41. The highest BCUT2D eigenvalue weighted by atomic mass is 16.5. The highest BCUT2D eigenvalue weighted by Gasteiger charge is 2.25. The Bertz CT molecular complexity index is 1630. The second-order valence-electron chi connectivity index (χ2n) is 9.95. The number of rotatable bonds is 8. The second kappa shape index (κ2) is 9.45. The van der Waals surface area contributed by atoms with Gasteiger partial charge >= 0.3 is 5.97 Å². The third-order valence-corrected chi connectivity index (χ3v) is 7.21. The van der Waals surface area contributed by atoms with Gasteiger partial charge in [0.1, 0.15) is 17.2 Å². The zero-order chi connectivity index (χ0) is 26.4. The summed E-state index contributed by atoms with van der Waals surface area (Å²) in [4.78, 5) is 21.2. The van der Waals surface area contributed by atoms with Crippen LogP contribution in [0, 0.1) is 19.8 Å². The number of carbonyl (C=O) groups is 1. The van der Waals surface area contributed by atoms with Crippen LogP contribution in [0.5, 0.6) is 5.75 Å². The van der Waals surface area contributed by atoms with E-state index in [1.807, 2.05) is 44.3 Å². The first-order valence-electron chi connectivity index (χ1n) is 12.8. The molecule has 1 saturated carbocycles. The Morgan fingerprint density at radius 3 is 2.68 bits per heavy atom. The van der Waals surface area contributed by atoms with Crippen molar-refractivity contribution in [1.29, 1.82) is 0 Å². The van der Waals surface area contributed by atoms with Gasteiger partial charge in [0.15, 0.2) is 0 Å². The van der Waals surface area contributed by atoms with E-state index in [2.05, 4.69) is 33.9 Å². The Morgan fingerprint density at radius 2 is 2.00 bits per heavy atom. The van der Waals surface area contributed by atoms with E-state index in [1.165, 1.54) is 0 Å². The maximum atomic E-state index is 11.8. The summed E-state index contributed by atoms with van der Waals surface area (Å²) in [5, 5.41) is 14.7. The number of benzene rings is 1. The molecule has 1 aromatic carbocycles. The van der Waals surface area contributed by atoms with Gasteiger partial charge in [-0.2, -0.15) is 0 Å².